The molecule has 2 heterocycles. The second-order valence-electron chi connectivity index (χ2n) is 5.18. The minimum Gasteiger partial charge on any atom is -0.246 e. The predicted octanol–water partition coefficient (Wildman–Crippen LogP) is 4.82. The predicted molar refractivity (Wildman–Crippen MR) is 93.4 cm³/mol. The Labute approximate surface area is 138 Å². The van der Waals surface area contributed by atoms with Crippen molar-refractivity contribution in [3.8, 4) is 10.6 Å². The average Bonchev–Trinajstić information content (AvgIpc) is 2.86. The summed E-state index contributed by atoms with van der Waals surface area (Å²) in [7, 11) is 0. The monoisotopic (exact) mass is 327 g/mol. The molecular weight excluding hydrogens is 310 g/mol. The fraction of sp³-hybridized carbons (Fsp3) is 0.235. The van der Waals surface area contributed by atoms with E-state index >= 15 is 0 Å². The summed E-state index contributed by atoms with van der Waals surface area (Å²) in [4.78, 5) is 5.55. The summed E-state index contributed by atoms with van der Waals surface area (Å²) >= 11 is 3.37. The molecule has 112 valence electrons. The van der Waals surface area contributed by atoms with Crippen molar-refractivity contribution in [1.82, 2.24) is 15.2 Å². The third-order valence-electron chi connectivity index (χ3n) is 3.28. The van der Waals surface area contributed by atoms with Crippen LogP contribution in [-0.4, -0.2) is 15.2 Å². The molecule has 5 heteroatoms. The highest BCUT2D eigenvalue weighted by Crippen LogP contribution is 2.29. The van der Waals surface area contributed by atoms with E-state index in [1.807, 2.05) is 26.0 Å². The SMILES string of the molecule is Cc1ccc(CSc2ccc(-c3sc(C)nc3C)nn2)cc1. The average molecular weight is 327 g/mol. The Bertz CT molecular complexity index is 762. The van der Waals surface area contributed by atoms with E-state index in [1.165, 1.54) is 11.1 Å². The molecule has 0 N–H and O–H groups in total. The number of nitrogens with zero attached hydrogens (tertiary/aromatic N) is 3. The molecule has 0 unspecified atom stereocenters. The first-order valence-corrected chi connectivity index (χ1v) is 8.88. The van der Waals surface area contributed by atoms with Crippen LogP contribution in [0.15, 0.2) is 41.4 Å². The van der Waals surface area contributed by atoms with Crippen molar-refractivity contribution < 1.29 is 0 Å². The van der Waals surface area contributed by atoms with Crippen LogP contribution in [0.1, 0.15) is 21.8 Å². The van der Waals surface area contributed by atoms with E-state index in [1.54, 1.807) is 23.1 Å². The van der Waals surface area contributed by atoms with Crippen LogP contribution in [0.3, 0.4) is 0 Å². The van der Waals surface area contributed by atoms with Gasteiger partial charge in [-0.05, 0) is 38.5 Å². The summed E-state index contributed by atoms with van der Waals surface area (Å²) in [6.45, 7) is 6.13. The summed E-state index contributed by atoms with van der Waals surface area (Å²) in [5, 5.41) is 10.7. The first-order valence-electron chi connectivity index (χ1n) is 7.08. The van der Waals surface area contributed by atoms with Crippen LogP contribution in [-0.2, 0) is 5.75 Å². The fourth-order valence-corrected chi connectivity index (χ4v) is 3.78. The topological polar surface area (TPSA) is 38.7 Å². The van der Waals surface area contributed by atoms with E-state index < -0.39 is 0 Å². The van der Waals surface area contributed by atoms with Crippen LogP contribution in [0.25, 0.3) is 10.6 Å². The Morgan fingerprint density at radius 3 is 2.32 bits per heavy atom. The second-order valence-corrected chi connectivity index (χ2v) is 7.38. The number of thioether (sulfide) groups is 1. The van der Waals surface area contributed by atoms with Gasteiger partial charge in [-0.2, -0.15) is 0 Å². The molecule has 0 atom stereocenters. The van der Waals surface area contributed by atoms with E-state index in [2.05, 4.69) is 46.4 Å². The Kier molecular flexibility index (Phi) is 4.55. The van der Waals surface area contributed by atoms with Gasteiger partial charge in [0.25, 0.3) is 0 Å². The third-order valence-corrected chi connectivity index (χ3v) is 5.37. The van der Waals surface area contributed by atoms with Gasteiger partial charge in [-0.25, -0.2) is 4.98 Å². The molecule has 2 aromatic heterocycles. The van der Waals surface area contributed by atoms with Crippen LogP contribution in [0.2, 0.25) is 0 Å². The summed E-state index contributed by atoms with van der Waals surface area (Å²) in [6, 6.07) is 12.7. The normalized spacial score (nSPS) is 10.9. The first-order chi connectivity index (χ1) is 10.6. The standard InChI is InChI=1S/C17H17N3S2/c1-11-4-6-14(7-5-11)10-21-16-9-8-15(19-20-16)17-12(2)18-13(3)22-17/h4-9H,10H2,1-3H3. The lowest BCUT2D eigenvalue weighted by Gasteiger charge is -2.02. The highest BCUT2D eigenvalue weighted by atomic mass is 32.2. The molecule has 0 radical (unpaired) electrons. The molecule has 0 saturated heterocycles. The quantitative estimate of drug-likeness (QED) is 0.644. The molecule has 0 saturated carbocycles. The molecule has 22 heavy (non-hydrogen) atoms. The molecule has 0 spiro atoms. The summed E-state index contributed by atoms with van der Waals surface area (Å²) in [5.41, 5.74) is 4.52. The van der Waals surface area contributed by atoms with E-state index in [0.717, 1.165) is 32.1 Å². The van der Waals surface area contributed by atoms with Gasteiger partial charge in [0.2, 0.25) is 0 Å². The Morgan fingerprint density at radius 1 is 0.955 bits per heavy atom. The molecule has 0 aliphatic rings. The summed E-state index contributed by atoms with van der Waals surface area (Å²) in [6.07, 6.45) is 0. The minimum atomic E-state index is 0.905. The molecule has 0 amide bonds. The molecule has 3 rings (SSSR count). The molecule has 1 aromatic carbocycles. The molecule has 0 bridgehead atoms. The van der Waals surface area contributed by atoms with Crippen molar-refractivity contribution >= 4 is 23.1 Å². The second kappa shape index (κ2) is 6.58. The van der Waals surface area contributed by atoms with Crippen LogP contribution in [0.4, 0.5) is 0 Å². The molecule has 0 fully saturated rings. The van der Waals surface area contributed by atoms with Gasteiger partial charge in [-0.1, -0.05) is 41.6 Å². The van der Waals surface area contributed by atoms with Crippen molar-refractivity contribution in [2.75, 3.05) is 0 Å². The summed E-state index contributed by atoms with van der Waals surface area (Å²) in [5.74, 6) is 0.910. The molecule has 3 aromatic rings. The number of aromatic nitrogens is 3. The van der Waals surface area contributed by atoms with Crippen molar-refractivity contribution in [3.05, 3.63) is 58.2 Å². The van der Waals surface area contributed by atoms with E-state index in [0.29, 0.717) is 0 Å². The maximum absolute atomic E-state index is 4.44. The van der Waals surface area contributed by atoms with Gasteiger partial charge in [0.05, 0.1) is 15.6 Å². The number of hydrogen-bond donors (Lipinski definition) is 0. The Morgan fingerprint density at radius 2 is 1.73 bits per heavy atom. The van der Waals surface area contributed by atoms with Crippen LogP contribution in [0.5, 0.6) is 0 Å². The zero-order valence-electron chi connectivity index (χ0n) is 12.8. The van der Waals surface area contributed by atoms with Crippen molar-refractivity contribution in [2.45, 2.75) is 31.6 Å². The van der Waals surface area contributed by atoms with E-state index in [4.69, 9.17) is 0 Å². The van der Waals surface area contributed by atoms with Gasteiger partial charge < -0.3 is 0 Å². The largest absolute Gasteiger partial charge is 0.246 e. The molecule has 0 aliphatic heterocycles. The highest BCUT2D eigenvalue weighted by molar-refractivity contribution is 7.98. The number of benzene rings is 1. The van der Waals surface area contributed by atoms with Crippen molar-refractivity contribution in [3.63, 3.8) is 0 Å². The maximum Gasteiger partial charge on any atom is 0.119 e. The van der Waals surface area contributed by atoms with Gasteiger partial charge in [0, 0.05) is 5.75 Å². The minimum absolute atomic E-state index is 0.905. The molecular formula is C17H17N3S2. The van der Waals surface area contributed by atoms with E-state index in [9.17, 15) is 0 Å². The van der Waals surface area contributed by atoms with Gasteiger partial charge in [-0.15, -0.1) is 21.5 Å². The zero-order chi connectivity index (χ0) is 15.5. The lowest BCUT2D eigenvalue weighted by molar-refractivity contribution is 0.935. The Hall–Kier alpha value is -1.72. The lowest BCUT2D eigenvalue weighted by atomic mass is 10.2. The number of thiazole rings is 1. The fourth-order valence-electron chi connectivity index (χ4n) is 2.13. The van der Waals surface area contributed by atoms with Gasteiger partial charge in [0.1, 0.15) is 10.7 Å². The van der Waals surface area contributed by atoms with Gasteiger partial charge >= 0.3 is 0 Å². The number of hydrogen-bond acceptors (Lipinski definition) is 5. The van der Waals surface area contributed by atoms with Crippen molar-refractivity contribution in [1.29, 1.82) is 0 Å². The number of rotatable bonds is 4. The highest BCUT2D eigenvalue weighted by Gasteiger charge is 2.09. The van der Waals surface area contributed by atoms with Crippen LogP contribution in [0, 0.1) is 20.8 Å². The Balaban J connectivity index is 1.69. The van der Waals surface area contributed by atoms with Crippen molar-refractivity contribution in [2.24, 2.45) is 0 Å². The van der Waals surface area contributed by atoms with Gasteiger partial charge in [-0.3, -0.25) is 0 Å². The smallest absolute Gasteiger partial charge is 0.119 e. The van der Waals surface area contributed by atoms with Crippen LogP contribution < -0.4 is 0 Å². The lowest BCUT2D eigenvalue weighted by Crippen LogP contribution is -1.90. The van der Waals surface area contributed by atoms with E-state index in [-0.39, 0.29) is 0 Å². The number of aryl methyl sites for hydroxylation is 3. The first kappa shape index (κ1) is 15.2. The zero-order valence-corrected chi connectivity index (χ0v) is 14.5. The third kappa shape index (κ3) is 3.54. The van der Waals surface area contributed by atoms with Crippen LogP contribution >= 0.6 is 23.1 Å². The van der Waals surface area contributed by atoms with Gasteiger partial charge in [0.15, 0.2) is 0 Å². The summed E-state index contributed by atoms with van der Waals surface area (Å²) < 4.78 is 0. The molecule has 3 nitrogen and oxygen atoms in total. The maximum atomic E-state index is 4.44. The molecule has 0 aliphatic carbocycles.